The number of fused-ring (bicyclic) bond motifs is 2. The van der Waals surface area contributed by atoms with Crippen molar-refractivity contribution in [1.29, 1.82) is 0 Å². The van der Waals surface area contributed by atoms with Crippen LogP contribution < -0.4 is 26.2 Å². The molecule has 2 saturated heterocycles. The number of hydrogen-bond donors (Lipinski definition) is 4. The Balaban J connectivity index is 0.717. The number of aromatic amines is 1. The number of piperazine rings is 1. The van der Waals surface area contributed by atoms with Crippen molar-refractivity contribution in [2.75, 3.05) is 45.9 Å². The summed E-state index contributed by atoms with van der Waals surface area (Å²) in [7, 11) is 0. The molecule has 1 aromatic heterocycles. The molecule has 66 heavy (non-hydrogen) atoms. The molecule has 1 atom stereocenters. The summed E-state index contributed by atoms with van der Waals surface area (Å²) in [6, 6.07) is 14.7. The van der Waals surface area contributed by atoms with Crippen LogP contribution in [-0.4, -0.2) is 124 Å². The number of aromatic nitrogens is 2. The van der Waals surface area contributed by atoms with Crippen molar-refractivity contribution in [3.05, 3.63) is 105 Å². The Hall–Kier alpha value is -7.31. The second-order valence-electron chi connectivity index (χ2n) is 16.4. The molecule has 0 radical (unpaired) electrons. The molecule has 7 rings (SSSR count). The smallest absolute Gasteiger partial charge is 0.272 e. The molecular formula is C47H51FN8O10. The summed E-state index contributed by atoms with van der Waals surface area (Å²) in [5, 5.41) is 15.7. The highest BCUT2D eigenvalue weighted by Crippen LogP contribution is 2.33. The summed E-state index contributed by atoms with van der Waals surface area (Å²) in [6.07, 6.45) is 5.01. The van der Waals surface area contributed by atoms with Crippen LogP contribution in [0.3, 0.4) is 0 Å². The highest BCUT2D eigenvalue weighted by Gasteiger charge is 2.46. The molecule has 8 amide bonds. The molecule has 1 unspecified atom stereocenters. The molecule has 0 aliphatic carbocycles. The second kappa shape index (κ2) is 21.6. The summed E-state index contributed by atoms with van der Waals surface area (Å²) in [5.74, 6) is -4.19. The van der Waals surface area contributed by atoms with Crippen LogP contribution in [0.15, 0.2) is 65.5 Å². The van der Waals surface area contributed by atoms with Gasteiger partial charge in [-0.3, -0.25) is 53.4 Å². The third-order valence-corrected chi connectivity index (χ3v) is 11.9. The molecule has 3 aromatic carbocycles. The number of piperidine rings is 1. The zero-order valence-electron chi connectivity index (χ0n) is 36.3. The Morgan fingerprint density at radius 3 is 2.20 bits per heavy atom. The van der Waals surface area contributed by atoms with Gasteiger partial charge < -0.3 is 25.2 Å². The van der Waals surface area contributed by atoms with E-state index in [-0.39, 0.29) is 72.2 Å². The number of nitrogens with one attached hydrogen (secondary N) is 4. The first-order valence-electron chi connectivity index (χ1n) is 22.2. The van der Waals surface area contributed by atoms with E-state index in [2.05, 4.69) is 26.1 Å². The monoisotopic (exact) mass is 906 g/mol. The fourth-order valence-electron chi connectivity index (χ4n) is 8.34. The van der Waals surface area contributed by atoms with Crippen molar-refractivity contribution in [2.24, 2.45) is 0 Å². The van der Waals surface area contributed by atoms with Crippen LogP contribution in [0.2, 0.25) is 0 Å². The number of H-pyrrole nitrogens is 1. The van der Waals surface area contributed by atoms with Crippen LogP contribution in [0.25, 0.3) is 10.8 Å². The van der Waals surface area contributed by atoms with Gasteiger partial charge in [0.2, 0.25) is 23.6 Å². The minimum atomic E-state index is -1.12. The molecule has 0 bridgehead atoms. The van der Waals surface area contributed by atoms with Gasteiger partial charge in [0.1, 0.15) is 17.6 Å². The predicted octanol–water partition coefficient (Wildman–Crippen LogP) is 2.77. The predicted molar refractivity (Wildman–Crippen MR) is 236 cm³/mol. The fourth-order valence-corrected chi connectivity index (χ4v) is 8.34. The maximum Gasteiger partial charge on any atom is 0.272 e. The van der Waals surface area contributed by atoms with E-state index in [0.29, 0.717) is 93.2 Å². The number of carbonyl (C=O) groups excluding carboxylic acids is 8. The molecule has 4 heterocycles. The van der Waals surface area contributed by atoms with Crippen molar-refractivity contribution in [1.82, 2.24) is 40.8 Å². The lowest BCUT2D eigenvalue weighted by molar-refractivity contribution is -0.136. The molecule has 346 valence electrons. The Morgan fingerprint density at radius 1 is 0.758 bits per heavy atom. The molecule has 19 heteroatoms. The molecule has 4 N–H and O–H groups in total. The minimum absolute atomic E-state index is 0.00466. The molecule has 3 aliphatic rings. The number of halogens is 1. The molecule has 2 fully saturated rings. The number of ether oxygens (including phenoxy) is 1. The Kier molecular flexibility index (Phi) is 15.3. The fraction of sp³-hybridized carbons (Fsp3) is 0.404. The number of imide groups is 2. The van der Waals surface area contributed by atoms with Crippen LogP contribution in [0.5, 0.6) is 5.75 Å². The van der Waals surface area contributed by atoms with E-state index in [9.17, 15) is 47.5 Å². The second-order valence-corrected chi connectivity index (χ2v) is 16.4. The number of benzene rings is 3. The number of carbonyl (C=O) groups is 8. The summed E-state index contributed by atoms with van der Waals surface area (Å²) >= 11 is 0. The minimum Gasteiger partial charge on any atom is -0.483 e. The first-order valence-corrected chi connectivity index (χ1v) is 22.2. The van der Waals surface area contributed by atoms with Crippen LogP contribution in [0.4, 0.5) is 4.39 Å². The maximum absolute atomic E-state index is 14.9. The van der Waals surface area contributed by atoms with Gasteiger partial charge in [-0.05, 0) is 68.0 Å². The summed E-state index contributed by atoms with van der Waals surface area (Å²) in [4.78, 5) is 118. The Bertz CT molecular complexity index is 2610. The lowest BCUT2D eigenvalue weighted by Gasteiger charge is -2.35. The molecular weight excluding hydrogens is 856 g/mol. The van der Waals surface area contributed by atoms with Crippen LogP contribution in [0.1, 0.15) is 107 Å². The highest BCUT2D eigenvalue weighted by atomic mass is 19.1. The van der Waals surface area contributed by atoms with Crippen molar-refractivity contribution >= 4 is 58.0 Å². The third kappa shape index (κ3) is 11.1. The van der Waals surface area contributed by atoms with Crippen LogP contribution in [-0.2, 0) is 30.4 Å². The van der Waals surface area contributed by atoms with Gasteiger partial charge in [0.05, 0.1) is 27.8 Å². The molecule has 3 aliphatic heterocycles. The van der Waals surface area contributed by atoms with E-state index in [4.69, 9.17) is 4.74 Å². The van der Waals surface area contributed by atoms with Crippen molar-refractivity contribution in [3.8, 4) is 5.75 Å². The van der Waals surface area contributed by atoms with Gasteiger partial charge in [-0.2, -0.15) is 5.10 Å². The zero-order chi connectivity index (χ0) is 46.7. The first-order chi connectivity index (χ1) is 31.9. The molecule has 0 spiro atoms. The number of rotatable bonds is 19. The molecule has 0 saturated carbocycles. The van der Waals surface area contributed by atoms with Crippen LogP contribution >= 0.6 is 0 Å². The average molecular weight is 907 g/mol. The number of amides is 8. The SMILES string of the molecule is O=C(CCCCCNC(=O)COc1cccc2c1C(=O)N(C1CCC(=O)NC1=O)C2=O)NCCCCCC(=O)N1CCN(C(=O)c2cc(Cc3n[nH]c(=O)c4ccccc34)ccc2F)CC1. The molecule has 18 nitrogen and oxygen atoms in total. The van der Waals surface area contributed by atoms with E-state index < -0.39 is 53.9 Å². The largest absolute Gasteiger partial charge is 0.483 e. The summed E-state index contributed by atoms with van der Waals surface area (Å²) < 4.78 is 20.5. The van der Waals surface area contributed by atoms with E-state index >= 15 is 0 Å². The Labute approximate surface area is 378 Å². The van der Waals surface area contributed by atoms with Gasteiger partial charge in [0, 0.05) is 70.3 Å². The van der Waals surface area contributed by atoms with Crippen molar-refractivity contribution in [3.63, 3.8) is 0 Å². The normalized spacial score (nSPS) is 16.0. The summed E-state index contributed by atoms with van der Waals surface area (Å²) in [6.45, 7) is 1.66. The van der Waals surface area contributed by atoms with E-state index in [1.807, 2.05) is 6.07 Å². The molecule has 4 aromatic rings. The lowest BCUT2D eigenvalue weighted by Crippen LogP contribution is -2.54. The quantitative estimate of drug-likeness (QED) is 0.0789. The van der Waals surface area contributed by atoms with E-state index in [0.717, 1.165) is 11.3 Å². The van der Waals surface area contributed by atoms with Crippen molar-refractivity contribution < 1.29 is 47.5 Å². The Morgan fingerprint density at radius 2 is 1.45 bits per heavy atom. The first kappa shape index (κ1) is 46.7. The maximum atomic E-state index is 14.9. The lowest BCUT2D eigenvalue weighted by atomic mass is 10.0. The van der Waals surface area contributed by atoms with Crippen molar-refractivity contribution in [2.45, 2.75) is 76.7 Å². The van der Waals surface area contributed by atoms with Gasteiger partial charge >= 0.3 is 0 Å². The van der Waals surface area contributed by atoms with E-state index in [1.54, 1.807) is 34.1 Å². The van der Waals surface area contributed by atoms with Crippen LogP contribution in [0, 0.1) is 5.82 Å². The zero-order valence-corrected chi connectivity index (χ0v) is 36.3. The van der Waals surface area contributed by atoms with Gasteiger partial charge in [0.25, 0.3) is 29.2 Å². The van der Waals surface area contributed by atoms with Gasteiger partial charge in [-0.15, -0.1) is 0 Å². The topological polar surface area (TPSA) is 237 Å². The number of unbranched alkanes of at least 4 members (excludes halogenated alkanes) is 4. The highest BCUT2D eigenvalue weighted by molar-refractivity contribution is 6.24. The number of nitrogens with zero attached hydrogens (tertiary/aromatic N) is 4. The average Bonchev–Trinajstić information content (AvgIpc) is 3.57. The standard InChI is InChI=1S/C47H51FN8O10/c48-34-17-16-29(27-35-30-10-5-6-11-31(30)43(61)53-52-35)26-33(34)45(63)55-24-22-54(23-25-55)41(60)15-4-2-8-20-49-38(57)14-3-1-7-21-50-40(59)28-66-37-13-9-12-32-42(37)47(65)56(46(32)64)36-18-19-39(58)51-44(36)62/h5-6,9-13,16-17,26,36H,1-4,7-8,14-15,18-25,27-28H2,(H,49,57)(H,50,59)(H,53,61)(H,51,58,62). The van der Waals surface area contributed by atoms with Gasteiger partial charge in [0.15, 0.2) is 6.61 Å². The van der Waals surface area contributed by atoms with Gasteiger partial charge in [-0.25, -0.2) is 9.49 Å². The van der Waals surface area contributed by atoms with Gasteiger partial charge in [-0.1, -0.05) is 43.2 Å². The summed E-state index contributed by atoms with van der Waals surface area (Å²) in [5.41, 5.74) is 0.916. The van der Waals surface area contributed by atoms with E-state index in [1.165, 1.54) is 30.3 Å². The number of hydrogen-bond acceptors (Lipinski definition) is 11. The third-order valence-electron chi connectivity index (χ3n) is 11.9.